The summed E-state index contributed by atoms with van der Waals surface area (Å²) in [4.78, 5) is 19.3. The van der Waals surface area contributed by atoms with Crippen LogP contribution in [-0.4, -0.2) is 29.9 Å². The molecule has 0 aliphatic carbocycles. The van der Waals surface area contributed by atoms with Crippen molar-refractivity contribution in [1.82, 2.24) is 29.9 Å². The van der Waals surface area contributed by atoms with Crippen molar-refractivity contribution in [2.75, 3.05) is 5.73 Å². The second-order valence-electron chi connectivity index (χ2n) is 5.42. The SMILES string of the molecule is Nc1nccc(-c2cn(-c3ccc(=O)[nH]n3)nc2-c2ccc(F)cc2)n1. The molecule has 0 bridgehead atoms. The van der Waals surface area contributed by atoms with Crippen LogP contribution in [0.2, 0.25) is 0 Å². The minimum Gasteiger partial charge on any atom is -0.368 e. The number of anilines is 1. The predicted octanol–water partition coefficient (Wildman–Crippen LogP) is 1.80. The van der Waals surface area contributed by atoms with Crippen LogP contribution in [0.3, 0.4) is 0 Å². The topological polar surface area (TPSA) is 115 Å². The van der Waals surface area contributed by atoms with Gasteiger partial charge < -0.3 is 5.73 Å². The molecular weight excluding hydrogens is 337 g/mol. The van der Waals surface area contributed by atoms with E-state index < -0.39 is 0 Å². The molecule has 0 fully saturated rings. The molecule has 8 nitrogen and oxygen atoms in total. The van der Waals surface area contributed by atoms with E-state index in [2.05, 4.69) is 25.3 Å². The van der Waals surface area contributed by atoms with Gasteiger partial charge in [0.05, 0.1) is 5.69 Å². The third kappa shape index (κ3) is 2.93. The molecule has 0 amide bonds. The number of aromatic amines is 1. The van der Waals surface area contributed by atoms with E-state index in [9.17, 15) is 9.18 Å². The molecular formula is C17H12FN7O. The fourth-order valence-electron chi connectivity index (χ4n) is 2.49. The number of nitrogens with zero attached hydrogens (tertiary/aromatic N) is 5. The Labute approximate surface area is 146 Å². The molecule has 1 aromatic carbocycles. The van der Waals surface area contributed by atoms with Crippen LogP contribution in [0.5, 0.6) is 0 Å². The monoisotopic (exact) mass is 349 g/mol. The zero-order chi connectivity index (χ0) is 18.1. The van der Waals surface area contributed by atoms with E-state index >= 15 is 0 Å². The van der Waals surface area contributed by atoms with Crippen molar-refractivity contribution in [2.45, 2.75) is 0 Å². The first-order valence-corrected chi connectivity index (χ1v) is 7.61. The van der Waals surface area contributed by atoms with Gasteiger partial charge in [-0.25, -0.2) is 24.1 Å². The lowest BCUT2D eigenvalue weighted by molar-refractivity contribution is 0.628. The Morgan fingerprint density at radius 2 is 1.88 bits per heavy atom. The van der Waals surface area contributed by atoms with Crippen LogP contribution in [0, 0.1) is 5.82 Å². The number of rotatable bonds is 3. The zero-order valence-corrected chi connectivity index (χ0v) is 13.3. The molecule has 3 N–H and O–H groups in total. The third-order valence-corrected chi connectivity index (χ3v) is 3.68. The second-order valence-corrected chi connectivity index (χ2v) is 5.42. The summed E-state index contributed by atoms with van der Waals surface area (Å²) in [6.07, 6.45) is 3.25. The predicted molar refractivity (Wildman–Crippen MR) is 92.8 cm³/mol. The van der Waals surface area contributed by atoms with Gasteiger partial charge in [0.2, 0.25) is 5.95 Å². The Morgan fingerprint density at radius 1 is 1.08 bits per heavy atom. The van der Waals surface area contributed by atoms with Gasteiger partial charge in [0.15, 0.2) is 5.82 Å². The van der Waals surface area contributed by atoms with Gasteiger partial charge in [-0.1, -0.05) is 0 Å². The Balaban J connectivity index is 1.91. The summed E-state index contributed by atoms with van der Waals surface area (Å²) in [5, 5.41) is 10.9. The first-order valence-electron chi connectivity index (χ1n) is 7.61. The van der Waals surface area contributed by atoms with Crippen molar-refractivity contribution in [2.24, 2.45) is 0 Å². The van der Waals surface area contributed by atoms with E-state index in [1.54, 1.807) is 36.7 Å². The minimum absolute atomic E-state index is 0.127. The summed E-state index contributed by atoms with van der Waals surface area (Å²) >= 11 is 0. The van der Waals surface area contributed by atoms with Crippen LogP contribution in [0.1, 0.15) is 0 Å². The fraction of sp³-hybridized carbons (Fsp3) is 0. The number of nitrogens with two attached hydrogens (primary N) is 1. The highest BCUT2D eigenvalue weighted by Gasteiger charge is 2.16. The van der Waals surface area contributed by atoms with Crippen LogP contribution in [0.25, 0.3) is 28.3 Å². The summed E-state index contributed by atoms with van der Waals surface area (Å²) in [5.74, 6) is 0.201. The van der Waals surface area contributed by atoms with Gasteiger partial charge in [-0.15, -0.1) is 0 Å². The first-order chi connectivity index (χ1) is 12.6. The largest absolute Gasteiger partial charge is 0.368 e. The van der Waals surface area contributed by atoms with Gasteiger partial charge in [-0.3, -0.25) is 4.79 Å². The maximum Gasteiger partial charge on any atom is 0.264 e. The van der Waals surface area contributed by atoms with Crippen molar-refractivity contribution in [3.8, 4) is 28.3 Å². The highest BCUT2D eigenvalue weighted by molar-refractivity contribution is 5.79. The molecule has 0 unspecified atom stereocenters. The molecule has 0 saturated heterocycles. The number of nitrogens with one attached hydrogen (secondary N) is 1. The quantitative estimate of drug-likeness (QED) is 0.583. The van der Waals surface area contributed by atoms with Gasteiger partial charge in [0.1, 0.15) is 11.5 Å². The number of nitrogen functional groups attached to an aromatic ring is 1. The molecule has 4 rings (SSSR count). The molecule has 0 radical (unpaired) electrons. The Morgan fingerprint density at radius 3 is 2.58 bits per heavy atom. The van der Waals surface area contributed by atoms with Gasteiger partial charge in [0.25, 0.3) is 5.56 Å². The van der Waals surface area contributed by atoms with E-state index in [-0.39, 0.29) is 17.3 Å². The highest BCUT2D eigenvalue weighted by Crippen LogP contribution is 2.30. The Bertz CT molecular complexity index is 1110. The summed E-state index contributed by atoms with van der Waals surface area (Å²) in [5.41, 5.74) is 7.86. The van der Waals surface area contributed by atoms with E-state index in [4.69, 9.17) is 5.73 Å². The molecule has 0 spiro atoms. The lowest BCUT2D eigenvalue weighted by Crippen LogP contribution is -2.09. The summed E-state index contributed by atoms with van der Waals surface area (Å²) in [7, 11) is 0. The summed E-state index contributed by atoms with van der Waals surface area (Å²) in [6, 6.07) is 10.5. The van der Waals surface area contributed by atoms with Gasteiger partial charge in [-0.05, 0) is 36.4 Å². The maximum atomic E-state index is 13.3. The van der Waals surface area contributed by atoms with E-state index in [0.717, 1.165) is 0 Å². The van der Waals surface area contributed by atoms with E-state index in [0.29, 0.717) is 28.3 Å². The van der Waals surface area contributed by atoms with Crippen LogP contribution < -0.4 is 11.3 Å². The molecule has 3 aromatic heterocycles. The van der Waals surface area contributed by atoms with Crippen LogP contribution in [0.4, 0.5) is 10.3 Å². The second kappa shape index (κ2) is 6.20. The summed E-state index contributed by atoms with van der Waals surface area (Å²) < 4.78 is 14.8. The molecule has 0 saturated carbocycles. The van der Waals surface area contributed by atoms with Crippen LogP contribution in [-0.2, 0) is 0 Å². The molecule has 128 valence electrons. The number of H-pyrrole nitrogens is 1. The minimum atomic E-state index is -0.344. The van der Waals surface area contributed by atoms with Crippen molar-refractivity contribution in [3.05, 3.63) is 71.0 Å². The maximum absolute atomic E-state index is 13.3. The zero-order valence-electron chi connectivity index (χ0n) is 13.3. The fourth-order valence-corrected chi connectivity index (χ4v) is 2.49. The van der Waals surface area contributed by atoms with Crippen molar-refractivity contribution in [1.29, 1.82) is 0 Å². The number of benzene rings is 1. The molecule has 0 aliphatic heterocycles. The van der Waals surface area contributed by atoms with E-state index in [1.165, 1.54) is 22.9 Å². The van der Waals surface area contributed by atoms with Crippen LogP contribution in [0.15, 0.2) is 59.7 Å². The van der Waals surface area contributed by atoms with Crippen molar-refractivity contribution < 1.29 is 4.39 Å². The lowest BCUT2D eigenvalue weighted by Gasteiger charge is -2.02. The molecule has 3 heterocycles. The van der Waals surface area contributed by atoms with Crippen molar-refractivity contribution >= 4 is 5.95 Å². The Kier molecular flexibility index (Phi) is 3.73. The molecule has 4 aromatic rings. The van der Waals surface area contributed by atoms with E-state index in [1.807, 2.05) is 0 Å². The molecule has 0 atom stereocenters. The molecule has 0 aliphatic rings. The highest BCUT2D eigenvalue weighted by atomic mass is 19.1. The Hall–Kier alpha value is -3.88. The van der Waals surface area contributed by atoms with Gasteiger partial charge >= 0.3 is 0 Å². The first kappa shape index (κ1) is 15.6. The summed E-state index contributed by atoms with van der Waals surface area (Å²) in [6.45, 7) is 0. The number of halogens is 1. The van der Waals surface area contributed by atoms with Gasteiger partial charge in [-0.2, -0.15) is 10.2 Å². The number of hydrogen-bond donors (Lipinski definition) is 2. The van der Waals surface area contributed by atoms with Crippen molar-refractivity contribution in [3.63, 3.8) is 0 Å². The van der Waals surface area contributed by atoms with Crippen LogP contribution >= 0.6 is 0 Å². The number of aromatic nitrogens is 6. The third-order valence-electron chi connectivity index (χ3n) is 3.68. The standard InChI is InChI=1S/C17H12FN7O/c18-11-3-1-10(2-4-11)16-12(13-7-8-20-17(19)21-13)9-25(24-16)14-5-6-15(26)23-22-14/h1-9H,(H,23,26)(H2,19,20,21). The smallest absolute Gasteiger partial charge is 0.264 e. The van der Waals surface area contributed by atoms with Gasteiger partial charge in [0, 0.05) is 29.6 Å². The number of hydrogen-bond acceptors (Lipinski definition) is 6. The molecule has 26 heavy (non-hydrogen) atoms. The lowest BCUT2D eigenvalue weighted by atomic mass is 10.1. The normalized spacial score (nSPS) is 10.8. The average Bonchev–Trinajstić information content (AvgIpc) is 3.08. The molecule has 9 heteroatoms. The average molecular weight is 349 g/mol.